The van der Waals surface area contributed by atoms with Gasteiger partial charge in [0.1, 0.15) is 5.82 Å². The van der Waals surface area contributed by atoms with Crippen molar-refractivity contribution in [1.82, 2.24) is 4.98 Å². The summed E-state index contributed by atoms with van der Waals surface area (Å²) in [6, 6.07) is 10.5. The van der Waals surface area contributed by atoms with Gasteiger partial charge in [0.05, 0.1) is 6.10 Å². The predicted molar refractivity (Wildman–Crippen MR) is 83.2 cm³/mol. The normalized spacial score (nSPS) is 19.1. The lowest BCUT2D eigenvalue weighted by Crippen LogP contribution is -2.27. The third-order valence-corrected chi connectivity index (χ3v) is 4.07. The molecule has 1 aromatic heterocycles. The molecule has 106 valence electrons. The number of nitrogens with zero attached hydrogens (tertiary/aromatic N) is 2. The van der Waals surface area contributed by atoms with E-state index in [0.29, 0.717) is 6.10 Å². The number of ether oxygens (including phenoxy) is 1. The summed E-state index contributed by atoms with van der Waals surface area (Å²) in [5.41, 5.74) is 0. The number of rotatable bonds is 4. The zero-order valence-electron chi connectivity index (χ0n) is 12.1. The van der Waals surface area contributed by atoms with Crippen molar-refractivity contribution in [1.29, 1.82) is 0 Å². The van der Waals surface area contributed by atoms with E-state index in [1.165, 1.54) is 30.0 Å². The van der Waals surface area contributed by atoms with Crippen LogP contribution >= 0.6 is 0 Å². The van der Waals surface area contributed by atoms with Gasteiger partial charge in [-0.2, -0.15) is 0 Å². The highest BCUT2D eigenvalue weighted by Gasteiger charge is 2.15. The summed E-state index contributed by atoms with van der Waals surface area (Å²) in [4.78, 5) is 6.81. The van der Waals surface area contributed by atoms with Gasteiger partial charge in [-0.3, -0.25) is 0 Å². The molecule has 1 saturated heterocycles. The van der Waals surface area contributed by atoms with Crippen LogP contribution in [0.3, 0.4) is 0 Å². The van der Waals surface area contributed by atoms with Crippen LogP contribution in [0.4, 0.5) is 5.82 Å². The maximum absolute atomic E-state index is 5.80. The summed E-state index contributed by atoms with van der Waals surface area (Å²) in [6.45, 7) is 1.92. The number of hydrogen-bond donors (Lipinski definition) is 0. The Kier molecular flexibility index (Phi) is 4.16. The Bertz CT molecular complexity index is 558. The SMILES string of the molecule is CN(CCC1CCCCO1)c1nccc2ccccc12. The molecular weight excluding hydrogens is 248 g/mol. The smallest absolute Gasteiger partial charge is 0.136 e. The van der Waals surface area contributed by atoms with E-state index in [0.717, 1.165) is 25.4 Å². The monoisotopic (exact) mass is 270 g/mol. The minimum absolute atomic E-state index is 0.432. The van der Waals surface area contributed by atoms with Crippen LogP contribution in [0.15, 0.2) is 36.5 Å². The molecule has 0 aliphatic carbocycles. The van der Waals surface area contributed by atoms with Gasteiger partial charge in [-0.15, -0.1) is 0 Å². The van der Waals surface area contributed by atoms with Crippen LogP contribution in [-0.2, 0) is 4.74 Å². The molecule has 20 heavy (non-hydrogen) atoms. The lowest BCUT2D eigenvalue weighted by atomic mass is 10.1. The molecule has 0 N–H and O–H groups in total. The van der Waals surface area contributed by atoms with Crippen LogP contribution in [0.5, 0.6) is 0 Å². The van der Waals surface area contributed by atoms with Gasteiger partial charge in [0.25, 0.3) is 0 Å². The molecule has 1 aliphatic heterocycles. The second-order valence-corrected chi connectivity index (χ2v) is 5.55. The standard InChI is InChI=1S/C17H22N2O/c1-19(12-10-15-7-4-5-13-20-15)17-16-8-3-2-6-14(16)9-11-18-17/h2-3,6,8-9,11,15H,4-5,7,10,12-13H2,1H3. The Balaban J connectivity index is 1.70. The fraction of sp³-hybridized carbons (Fsp3) is 0.471. The number of aromatic nitrogens is 1. The molecule has 1 unspecified atom stereocenters. The summed E-state index contributed by atoms with van der Waals surface area (Å²) in [6.07, 6.45) is 7.14. The average molecular weight is 270 g/mol. The second-order valence-electron chi connectivity index (χ2n) is 5.55. The van der Waals surface area contributed by atoms with Crippen molar-refractivity contribution in [2.45, 2.75) is 31.8 Å². The van der Waals surface area contributed by atoms with Crippen LogP contribution < -0.4 is 4.90 Å². The summed E-state index contributed by atoms with van der Waals surface area (Å²) in [5.74, 6) is 1.07. The Morgan fingerprint density at radius 2 is 2.15 bits per heavy atom. The highest BCUT2D eigenvalue weighted by atomic mass is 16.5. The molecule has 3 heteroatoms. The van der Waals surface area contributed by atoms with Gasteiger partial charge in [-0.1, -0.05) is 24.3 Å². The lowest BCUT2D eigenvalue weighted by molar-refractivity contribution is 0.0127. The predicted octanol–water partition coefficient (Wildman–Crippen LogP) is 3.63. The molecular formula is C17H22N2O. The highest BCUT2D eigenvalue weighted by Crippen LogP contribution is 2.24. The molecule has 1 aromatic carbocycles. The van der Waals surface area contributed by atoms with Crippen molar-refractivity contribution in [2.75, 3.05) is 25.1 Å². The lowest BCUT2D eigenvalue weighted by Gasteiger charge is -2.26. The molecule has 2 heterocycles. The Hall–Kier alpha value is -1.61. The molecule has 2 aromatic rings. The maximum Gasteiger partial charge on any atom is 0.136 e. The van der Waals surface area contributed by atoms with Gasteiger partial charge in [-0.25, -0.2) is 4.98 Å². The number of anilines is 1. The van der Waals surface area contributed by atoms with Gasteiger partial charge >= 0.3 is 0 Å². The van der Waals surface area contributed by atoms with Gasteiger partial charge in [0, 0.05) is 31.8 Å². The summed E-state index contributed by atoms with van der Waals surface area (Å²) in [7, 11) is 2.12. The van der Waals surface area contributed by atoms with Crippen LogP contribution in [-0.4, -0.2) is 31.3 Å². The second kappa shape index (κ2) is 6.23. The first-order chi connectivity index (χ1) is 9.84. The van der Waals surface area contributed by atoms with Crippen molar-refractivity contribution >= 4 is 16.6 Å². The van der Waals surface area contributed by atoms with Crippen molar-refractivity contribution in [3.8, 4) is 0 Å². The summed E-state index contributed by atoms with van der Waals surface area (Å²) < 4.78 is 5.80. The molecule has 1 fully saturated rings. The topological polar surface area (TPSA) is 25.4 Å². The van der Waals surface area contributed by atoms with Crippen molar-refractivity contribution in [3.63, 3.8) is 0 Å². The Morgan fingerprint density at radius 3 is 3.00 bits per heavy atom. The number of hydrogen-bond acceptors (Lipinski definition) is 3. The van der Waals surface area contributed by atoms with Crippen LogP contribution in [0.2, 0.25) is 0 Å². The van der Waals surface area contributed by atoms with Crippen molar-refractivity contribution in [2.24, 2.45) is 0 Å². The summed E-state index contributed by atoms with van der Waals surface area (Å²) in [5, 5.41) is 2.47. The third kappa shape index (κ3) is 2.93. The molecule has 0 saturated carbocycles. The molecule has 0 amide bonds. The van der Waals surface area contributed by atoms with E-state index in [1.807, 2.05) is 6.20 Å². The van der Waals surface area contributed by atoms with E-state index in [4.69, 9.17) is 4.74 Å². The Morgan fingerprint density at radius 1 is 1.25 bits per heavy atom. The fourth-order valence-electron chi connectivity index (χ4n) is 2.89. The first-order valence-corrected chi connectivity index (χ1v) is 7.51. The number of benzene rings is 1. The zero-order valence-corrected chi connectivity index (χ0v) is 12.1. The van der Waals surface area contributed by atoms with Gasteiger partial charge in [-0.05, 0) is 37.1 Å². The average Bonchev–Trinajstić information content (AvgIpc) is 2.53. The van der Waals surface area contributed by atoms with E-state index < -0.39 is 0 Å². The fourth-order valence-corrected chi connectivity index (χ4v) is 2.89. The van der Waals surface area contributed by atoms with Gasteiger partial charge in [0.15, 0.2) is 0 Å². The molecule has 1 aliphatic rings. The van der Waals surface area contributed by atoms with E-state index in [9.17, 15) is 0 Å². The Labute approximate surface area is 120 Å². The molecule has 3 rings (SSSR count). The minimum Gasteiger partial charge on any atom is -0.378 e. The van der Waals surface area contributed by atoms with Crippen LogP contribution in [0, 0.1) is 0 Å². The van der Waals surface area contributed by atoms with E-state index in [1.54, 1.807) is 0 Å². The zero-order chi connectivity index (χ0) is 13.8. The van der Waals surface area contributed by atoms with E-state index >= 15 is 0 Å². The van der Waals surface area contributed by atoms with Crippen molar-refractivity contribution in [3.05, 3.63) is 36.5 Å². The minimum atomic E-state index is 0.432. The highest BCUT2D eigenvalue weighted by molar-refractivity contribution is 5.91. The molecule has 0 spiro atoms. The van der Waals surface area contributed by atoms with E-state index in [2.05, 4.69) is 47.3 Å². The number of fused-ring (bicyclic) bond motifs is 1. The molecule has 3 nitrogen and oxygen atoms in total. The third-order valence-electron chi connectivity index (χ3n) is 4.07. The van der Waals surface area contributed by atoms with Gasteiger partial charge < -0.3 is 9.64 Å². The van der Waals surface area contributed by atoms with Crippen LogP contribution in [0.1, 0.15) is 25.7 Å². The first-order valence-electron chi connectivity index (χ1n) is 7.51. The molecule has 1 atom stereocenters. The largest absolute Gasteiger partial charge is 0.378 e. The molecule has 0 bridgehead atoms. The van der Waals surface area contributed by atoms with Crippen LogP contribution in [0.25, 0.3) is 10.8 Å². The van der Waals surface area contributed by atoms with E-state index in [-0.39, 0.29) is 0 Å². The summed E-state index contributed by atoms with van der Waals surface area (Å²) >= 11 is 0. The number of pyridine rings is 1. The van der Waals surface area contributed by atoms with Gasteiger partial charge in [0.2, 0.25) is 0 Å². The van der Waals surface area contributed by atoms with Crippen molar-refractivity contribution < 1.29 is 4.74 Å². The maximum atomic E-state index is 5.80. The quantitative estimate of drug-likeness (QED) is 0.848. The first kappa shape index (κ1) is 13.4. The molecule has 0 radical (unpaired) electrons.